The lowest BCUT2D eigenvalue weighted by atomic mass is 10.3. The monoisotopic (exact) mass is 498 g/mol. The number of amides is 1. The van der Waals surface area contributed by atoms with Crippen LogP contribution in [0.5, 0.6) is 17.2 Å². The van der Waals surface area contributed by atoms with Gasteiger partial charge in [-0.1, -0.05) is 0 Å². The van der Waals surface area contributed by atoms with Crippen molar-refractivity contribution < 1.29 is 27.4 Å². The fraction of sp³-hybridized carbons (Fsp3) is 0.208. The number of aromatic nitrogens is 1. The summed E-state index contributed by atoms with van der Waals surface area (Å²) in [5.74, 6) is 0.563. The zero-order valence-electron chi connectivity index (χ0n) is 19.5. The SMILES string of the molecule is CCOc1ccc(N(CC(=O)N/N=C\c2ccncc2)S(=O)(=O)c2ccc(OC)c(OC)c2)cc1. The fourth-order valence-electron chi connectivity index (χ4n) is 3.09. The molecule has 0 aliphatic carbocycles. The maximum atomic E-state index is 13.6. The summed E-state index contributed by atoms with van der Waals surface area (Å²) in [7, 11) is -1.31. The van der Waals surface area contributed by atoms with Crippen LogP contribution in [0.1, 0.15) is 12.5 Å². The quantitative estimate of drug-likeness (QED) is 0.319. The van der Waals surface area contributed by atoms with Gasteiger partial charge in [0, 0.05) is 18.5 Å². The van der Waals surface area contributed by atoms with Crippen LogP contribution in [0.3, 0.4) is 0 Å². The number of nitrogens with one attached hydrogen (secondary N) is 1. The Morgan fingerprint density at radius 2 is 1.71 bits per heavy atom. The first kappa shape index (κ1) is 25.5. The largest absolute Gasteiger partial charge is 0.494 e. The number of hydrogen-bond acceptors (Lipinski definition) is 8. The van der Waals surface area contributed by atoms with E-state index in [-0.39, 0.29) is 16.3 Å². The van der Waals surface area contributed by atoms with Crippen LogP contribution in [0.25, 0.3) is 0 Å². The van der Waals surface area contributed by atoms with Crippen LogP contribution < -0.4 is 23.9 Å². The fourth-order valence-corrected chi connectivity index (χ4v) is 4.53. The smallest absolute Gasteiger partial charge is 0.264 e. The number of sulfonamides is 1. The van der Waals surface area contributed by atoms with Crippen LogP contribution in [0.4, 0.5) is 5.69 Å². The maximum absolute atomic E-state index is 13.6. The molecule has 3 aromatic rings. The molecule has 0 fully saturated rings. The van der Waals surface area contributed by atoms with Crippen LogP contribution >= 0.6 is 0 Å². The van der Waals surface area contributed by atoms with E-state index >= 15 is 0 Å². The third-order valence-electron chi connectivity index (χ3n) is 4.77. The summed E-state index contributed by atoms with van der Waals surface area (Å²) in [5, 5.41) is 3.90. The number of ether oxygens (including phenoxy) is 3. The van der Waals surface area contributed by atoms with Gasteiger partial charge >= 0.3 is 0 Å². The van der Waals surface area contributed by atoms with Gasteiger partial charge in [-0.3, -0.25) is 14.1 Å². The number of carbonyl (C=O) groups is 1. The summed E-state index contributed by atoms with van der Waals surface area (Å²) in [6.45, 7) is 1.79. The lowest BCUT2D eigenvalue weighted by molar-refractivity contribution is -0.119. The van der Waals surface area contributed by atoms with Crippen molar-refractivity contribution in [2.75, 3.05) is 31.7 Å². The highest BCUT2D eigenvalue weighted by atomic mass is 32.2. The maximum Gasteiger partial charge on any atom is 0.264 e. The molecule has 0 spiro atoms. The number of carbonyl (C=O) groups excluding carboxylic acids is 1. The van der Waals surface area contributed by atoms with Gasteiger partial charge in [-0.15, -0.1) is 0 Å². The molecule has 0 atom stereocenters. The lowest BCUT2D eigenvalue weighted by Crippen LogP contribution is -2.39. The van der Waals surface area contributed by atoms with Crippen LogP contribution in [-0.4, -0.2) is 52.9 Å². The van der Waals surface area contributed by atoms with E-state index in [1.807, 2.05) is 6.92 Å². The first-order valence-corrected chi connectivity index (χ1v) is 12.0. The molecule has 0 saturated carbocycles. The van der Waals surface area contributed by atoms with Crippen molar-refractivity contribution in [1.29, 1.82) is 0 Å². The van der Waals surface area contributed by atoms with Gasteiger partial charge in [0.2, 0.25) is 0 Å². The molecule has 3 rings (SSSR count). The van der Waals surface area contributed by atoms with Crippen molar-refractivity contribution in [2.45, 2.75) is 11.8 Å². The van der Waals surface area contributed by atoms with E-state index in [4.69, 9.17) is 14.2 Å². The van der Waals surface area contributed by atoms with Crippen molar-refractivity contribution in [2.24, 2.45) is 5.10 Å². The zero-order valence-corrected chi connectivity index (χ0v) is 20.4. The van der Waals surface area contributed by atoms with Gasteiger partial charge in [0.05, 0.1) is 37.6 Å². The highest BCUT2D eigenvalue weighted by Gasteiger charge is 2.28. The van der Waals surface area contributed by atoms with Crippen molar-refractivity contribution >= 4 is 27.8 Å². The van der Waals surface area contributed by atoms with Gasteiger partial charge in [0.1, 0.15) is 12.3 Å². The van der Waals surface area contributed by atoms with Gasteiger partial charge in [0.15, 0.2) is 11.5 Å². The summed E-state index contributed by atoms with van der Waals surface area (Å²) >= 11 is 0. The summed E-state index contributed by atoms with van der Waals surface area (Å²) in [4.78, 5) is 16.5. The highest BCUT2D eigenvalue weighted by molar-refractivity contribution is 7.92. The van der Waals surface area contributed by atoms with Gasteiger partial charge in [-0.2, -0.15) is 5.10 Å². The Bertz CT molecular complexity index is 1260. The number of benzene rings is 2. The second-order valence-electron chi connectivity index (χ2n) is 7.03. The van der Waals surface area contributed by atoms with E-state index < -0.39 is 22.5 Å². The predicted octanol–water partition coefficient (Wildman–Crippen LogP) is 2.84. The normalized spacial score (nSPS) is 11.2. The second-order valence-corrected chi connectivity index (χ2v) is 8.89. The summed E-state index contributed by atoms with van der Waals surface area (Å²) in [6, 6.07) is 14.0. The van der Waals surface area contributed by atoms with Gasteiger partial charge in [0.25, 0.3) is 15.9 Å². The van der Waals surface area contributed by atoms with E-state index in [0.29, 0.717) is 18.1 Å². The Kier molecular flexibility index (Phi) is 8.63. The van der Waals surface area contributed by atoms with Crippen molar-refractivity contribution in [3.63, 3.8) is 0 Å². The molecule has 1 amide bonds. The summed E-state index contributed by atoms with van der Waals surface area (Å²) < 4.78 is 44.1. The first-order chi connectivity index (χ1) is 16.9. The number of pyridine rings is 1. The Balaban J connectivity index is 1.91. The molecule has 184 valence electrons. The molecule has 10 nitrogen and oxygen atoms in total. The Morgan fingerprint density at radius 3 is 2.34 bits per heavy atom. The first-order valence-electron chi connectivity index (χ1n) is 10.6. The minimum absolute atomic E-state index is 0.0721. The molecule has 2 aromatic carbocycles. The number of rotatable bonds is 11. The molecule has 11 heteroatoms. The van der Waals surface area contributed by atoms with Crippen LogP contribution in [0.2, 0.25) is 0 Å². The summed E-state index contributed by atoms with van der Waals surface area (Å²) in [6.07, 6.45) is 4.61. The van der Waals surface area contributed by atoms with Gasteiger partial charge < -0.3 is 14.2 Å². The third-order valence-corrected chi connectivity index (χ3v) is 6.54. The number of nitrogens with zero attached hydrogens (tertiary/aromatic N) is 3. The van der Waals surface area contributed by atoms with E-state index in [1.54, 1.807) is 48.8 Å². The number of hydrogen-bond donors (Lipinski definition) is 1. The number of methoxy groups -OCH3 is 2. The predicted molar refractivity (Wildman–Crippen MR) is 132 cm³/mol. The molecular weight excluding hydrogens is 472 g/mol. The van der Waals surface area contributed by atoms with Crippen molar-refractivity contribution in [3.8, 4) is 17.2 Å². The van der Waals surface area contributed by atoms with Gasteiger partial charge in [-0.25, -0.2) is 13.8 Å². The average molecular weight is 499 g/mol. The van der Waals surface area contributed by atoms with Crippen LogP contribution in [0, 0.1) is 0 Å². The number of hydrazone groups is 1. The van der Waals surface area contributed by atoms with Crippen molar-refractivity contribution in [3.05, 3.63) is 72.6 Å². The van der Waals surface area contributed by atoms with E-state index in [2.05, 4.69) is 15.5 Å². The zero-order chi connectivity index (χ0) is 25.3. The molecule has 0 radical (unpaired) electrons. The molecule has 35 heavy (non-hydrogen) atoms. The Hall–Kier alpha value is -4.12. The molecule has 1 aromatic heterocycles. The third kappa shape index (κ3) is 6.48. The minimum Gasteiger partial charge on any atom is -0.494 e. The topological polar surface area (TPSA) is 119 Å². The van der Waals surface area contributed by atoms with Crippen molar-refractivity contribution in [1.82, 2.24) is 10.4 Å². The molecule has 1 N–H and O–H groups in total. The van der Waals surface area contributed by atoms with Crippen LogP contribution in [-0.2, 0) is 14.8 Å². The van der Waals surface area contributed by atoms with E-state index in [1.165, 1.54) is 38.6 Å². The second kappa shape index (κ2) is 11.8. The molecule has 1 heterocycles. The molecule has 0 saturated heterocycles. The average Bonchev–Trinajstić information content (AvgIpc) is 2.88. The molecule has 0 unspecified atom stereocenters. The number of anilines is 1. The van der Waals surface area contributed by atoms with E-state index in [0.717, 1.165) is 9.87 Å². The molecular formula is C24H26N4O6S. The molecule has 0 bridgehead atoms. The molecule has 0 aliphatic heterocycles. The highest BCUT2D eigenvalue weighted by Crippen LogP contribution is 2.32. The summed E-state index contributed by atoms with van der Waals surface area (Å²) in [5.41, 5.74) is 3.36. The van der Waals surface area contributed by atoms with E-state index in [9.17, 15) is 13.2 Å². The Morgan fingerprint density at radius 1 is 1.03 bits per heavy atom. The van der Waals surface area contributed by atoms with Gasteiger partial charge in [-0.05, 0) is 61.0 Å². The Labute approximate surface area is 204 Å². The van der Waals surface area contributed by atoms with Crippen LogP contribution in [0.15, 0.2) is 77.0 Å². The standard InChI is InChI=1S/C24H26N4O6S/c1-4-34-20-7-5-19(6-8-20)28(17-24(29)27-26-16-18-11-13-25-14-12-18)35(30,31)21-9-10-22(32-2)23(15-21)33-3/h5-16H,4,17H2,1-3H3,(H,27,29)/b26-16-. The molecule has 0 aliphatic rings. The minimum atomic E-state index is -4.17. The lowest BCUT2D eigenvalue weighted by Gasteiger charge is -2.24.